The summed E-state index contributed by atoms with van der Waals surface area (Å²) in [6, 6.07) is 3.83. The Labute approximate surface area is 142 Å². The molecule has 3 N–H and O–H groups in total. The van der Waals surface area contributed by atoms with Crippen LogP contribution < -0.4 is 10.6 Å². The first-order chi connectivity index (χ1) is 11.7. The Morgan fingerprint density at radius 1 is 1.40 bits per heavy atom. The van der Waals surface area contributed by atoms with Gasteiger partial charge in [-0.25, -0.2) is 4.79 Å². The summed E-state index contributed by atoms with van der Waals surface area (Å²) in [6.07, 6.45) is 0.142. The van der Waals surface area contributed by atoms with Crippen molar-refractivity contribution in [1.29, 1.82) is 0 Å². The molecule has 134 valence electrons. The van der Waals surface area contributed by atoms with Crippen molar-refractivity contribution in [1.82, 2.24) is 10.6 Å². The first-order valence-corrected chi connectivity index (χ1v) is 7.40. The number of carbonyl (C=O) groups is 3. The Morgan fingerprint density at radius 2 is 2.12 bits per heavy atom. The highest BCUT2D eigenvalue weighted by molar-refractivity contribution is 5.97. The van der Waals surface area contributed by atoms with Crippen LogP contribution in [0.3, 0.4) is 0 Å². The van der Waals surface area contributed by atoms with Gasteiger partial charge in [-0.2, -0.15) is 0 Å². The lowest BCUT2D eigenvalue weighted by molar-refractivity contribution is -0.385. The highest BCUT2D eigenvalue weighted by atomic mass is 16.6. The molecule has 25 heavy (non-hydrogen) atoms. The molecular formula is C15H17N3O7. The Hall–Kier alpha value is -3.01. The summed E-state index contributed by atoms with van der Waals surface area (Å²) < 4.78 is 5.02. The zero-order chi connectivity index (χ0) is 18.6. The van der Waals surface area contributed by atoms with Crippen molar-refractivity contribution in [2.24, 2.45) is 0 Å². The number of aliphatic carboxylic acids is 1. The molecule has 1 aliphatic rings. The number of nitrogens with one attached hydrogen (secondary N) is 2. The second kappa shape index (κ2) is 7.26. The molecule has 1 atom stereocenters. The largest absolute Gasteiger partial charge is 0.479 e. The number of rotatable bonds is 6. The van der Waals surface area contributed by atoms with E-state index in [4.69, 9.17) is 4.74 Å². The van der Waals surface area contributed by atoms with Crippen molar-refractivity contribution in [2.75, 3.05) is 19.8 Å². The van der Waals surface area contributed by atoms with Crippen LogP contribution in [0.15, 0.2) is 18.2 Å². The SMILES string of the molecule is Cc1cc(C(=O)NCC(=O)NC2(C(=O)O)CCOC2)ccc1[N+](=O)[O-]. The second-order valence-corrected chi connectivity index (χ2v) is 5.68. The number of nitro benzene ring substituents is 1. The average Bonchev–Trinajstić information content (AvgIpc) is 3.02. The summed E-state index contributed by atoms with van der Waals surface area (Å²) in [7, 11) is 0. The van der Waals surface area contributed by atoms with Gasteiger partial charge in [-0.05, 0) is 19.1 Å². The number of carboxylic acid groups (broad SMARTS) is 1. The molecule has 1 heterocycles. The van der Waals surface area contributed by atoms with Gasteiger partial charge >= 0.3 is 5.97 Å². The third-order valence-corrected chi connectivity index (χ3v) is 3.87. The molecule has 10 heteroatoms. The zero-order valence-corrected chi connectivity index (χ0v) is 13.4. The molecule has 0 spiro atoms. The highest BCUT2D eigenvalue weighted by Gasteiger charge is 2.43. The fourth-order valence-corrected chi connectivity index (χ4v) is 2.46. The van der Waals surface area contributed by atoms with Crippen LogP contribution in [0.1, 0.15) is 22.3 Å². The lowest BCUT2D eigenvalue weighted by atomic mass is 9.99. The standard InChI is InChI=1S/C15H17N3O7/c1-9-6-10(2-3-11(9)18(23)24)13(20)16-7-12(19)17-15(14(21)22)4-5-25-8-15/h2-3,6H,4-5,7-8H2,1H3,(H,16,20)(H,17,19)(H,21,22). The molecule has 1 aromatic carbocycles. The number of amides is 2. The predicted octanol–water partition coefficient (Wildman–Crippen LogP) is -0.00708. The molecular weight excluding hydrogens is 334 g/mol. The van der Waals surface area contributed by atoms with Gasteiger partial charge in [0.25, 0.3) is 11.6 Å². The van der Waals surface area contributed by atoms with Crippen LogP contribution in [0.25, 0.3) is 0 Å². The number of carboxylic acids is 1. The molecule has 0 radical (unpaired) electrons. The van der Waals surface area contributed by atoms with E-state index in [1.165, 1.54) is 25.1 Å². The van der Waals surface area contributed by atoms with E-state index < -0.39 is 34.8 Å². The predicted molar refractivity (Wildman–Crippen MR) is 84.1 cm³/mol. The van der Waals surface area contributed by atoms with Gasteiger partial charge in [0.05, 0.1) is 18.1 Å². The van der Waals surface area contributed by atoms with Crippen molar-refractivity contribution >= 4 is 23.5 Å². The Bertz CT molecular complexity index is 726. The number of hydrogen-bond acceptors (Lipinski definition) is 6. The minimum atomic E-state index is -1.48. The van der Waals surface area contributed by atoms with Gasteiger partial charge in [0.15, 0.2) is 5.54 Å². The molecule has 1 aliphatic heterocycles. The fourth-order valence-electron chi connectivity index (χ4n) is 2.46. The maximum Gasteiger partial charge on any atom is 0.331 e. The minimum Gasteiger partial charge on any atom is -0.479 e. The Balaban J connectivity index is 1.95. The number of ether oxygens (including phenoxy) is 1. The summed E-state index contributed by atoms with van der Waals surface area (Å²) in [4.78, 5) is 45.5. The smallest absolute Gasteiger partial charge is 0.331 e. The van der Waals surface area contributed by atoms with Gasteiger partial charge in [0, 0.05) is 30.2 Å². The Morgan fingerprint density at radius 3 is 2.64 bits per heavy atom. The van der Waals surface area contributed by atoms with Crippen LogP contribution in [0.2, 0.25) is 0 Å². The van der Waals surface area contributed by atoms with Crippen LogP contribution in [-0.2, 0) is 14.3 Å². The number of nitro groups is 1. The van der Waals surface area contributed by atoms with E-state index in [0.717, 1.165) is 0 Å². The summed E-state index contributed by atoms with van der Waals surface area (Å²) in [5, 5.41) is 24.7. The molecule has 1 unspecified atom stereocenters. The van der Waals surface area contributed by atoms with E-state index >= 15 is 0 Å². The minimum absolute atomic E-state index is 0.112. The van der Waals surface area contributed by atoms with Gasteiger partial charge in [-0.3, -0.25) is 19.7 Å². The van der Waals surface area contributed by atoms with Gasteiger partial charge in [-0.15, -0.1) is 0 Å². The van der Waals surface area contributed by atoms with Crippen LogP contribution in [-0.4, -0.2) is 53.1 Å². The van der Waals surface area contributed by atoms with Crippen molar-refractivity contribution in [2.45, 2.75) is 18.9 Å². The maximum absolute atomic E-state index is 12.0. The highest BCUT2D eigenvalue weighted by Crippen LogP contribution is 2.19. The van der Waals surface area contributed by atoms with Crippen molar-refractivity contribution in [3.05, 3.63) is 39.4 Å². The van der Waals surface area contributed by atoms with E-state index in [0.29, 0.717) is 5.56 Å². The van der Waals surface area contributed by atoms with Crippen molar-refractivity contribution < 1.29 is 29.2 Å². The second-order valence-electron chi connectivity index (χ2n) is 5.68. The summed E-state index contributed by atoms with van der Waals surface area (Å²) in [5.74, 6) is -2.46. The van der Waals surface area contributed by atoms with E-state index in [9.17, 15) is 29.6 Å². The molecule has 0 aliphatic carbocycles. The van der Waals surface area contributed by atoms with Crippen molar-refractivity contribution in [3.63, 3.8) is 0 Å². The molecule has 1 fully saturated rings. The number of hydrogen-bond donors (Lipinski definition) is 3. The van der Waals surface area contributed by atoms with E-state index in [-0.39, 0.29) is 30.9 Å². The number of carbonyl (C=O) groups excluding carboxylic acids is 2. The molecule has 0 aromatic heterocycles. The van der Waals surface area contributed by atoms with Crippen LogP contribution >= 0.6 is 0 Å². The first-order valence-electron chi connectivity index (χ1n) is 7.40. The Kier molecular flexibility index (Phi) is 5.32. The zero-order valence-electron chi connectivity index (χ0n) is 13.4. The van der Waals surface area contributed by atoms with E-state index in [2.05, 4.69) is 10.6 Å². The van der Waals surface area contributed by atoms with Gasteiger partial charge < -0.3 is 20.5 Å². The third kappa shape index (κ3) is 4.10. The number of aryl methyl sites for hydroxylation is 1. The lowest BCUT2D eigenvalue weighted by Crippen LogP contribution is -2.57. The van der Waals surface area contributed by atoms with E-state index in [1.807, 2.05) is 0 Å². The van der Waals surface area contributed by atoms with Crippen LogP contribution in [0.5, 0.6) is 0 Å². The average molecular weight is 351 g/mol. The fraction of sp³-hybridized carbons (Fsp3) is 0.400. The monoisotopic (exact) mass is 351 g/mol. The molecule has 2 amide bonds. The number of nitrogens with zero attached hydrogens (tertiary/aromatic N) is 1. The van der Waals surface area contributed by atoms with Gasteiger partial charge in [0.2, 0.25) is 5.91 Å². The summed E-state index contributed by atoms with van der Waals surface area (Å²) in [6.45, 7) is 1.16. The lowest BCUT2D eigenvalue weighted by Gasteiger charge is -2.23. The number of benzene rings is 1. The topological polar surface area (TPSA) is 148 Å². The molecule has 1 aromatic rings. The quantitative estimate of drug-likeness (QED) is 0.482. The summed E-state index contributed by atoms with van der Waals surface area (Å²) >= 11 is 0. The molecule has 10 nitrogen and oxygen atoms in total. The normalized spacial score (nSPS) is 19.2. The molecule has 0 bridgehead atoms. The van der Waals surface area contributed by atoms with Crippen LogP contribution in [0, 0.1) is 17.0 Å². The molecule has 1 saturated heterocycles. The van der Waals surface area contributed by atoms with Gasteiger partial charge in [0.1, 0.15) is 0 Å². The molecule has 0 saturated carbocycles. The third-order valence-electron chi connectivity index (χ3n) is 3.87. The van der Waals surface area contributed by atoms with Gasteiger partial charge in [-0.1, -0.05) is 0 Å². The summed E-state index contributed by atoms with van der Waals surface area (Å²) in [5.41, 5.74) is -1.12. The van der Waals surface area contributed by atoms with Crippen molar-refractivity contribution in [3.8, 4) is 0 Å². The van der Waals surface area contributed by atoms with Crippen LogP contribution in [0.4, 0.5) is 5.69 Å². The van der Waals surface area contributed by atoms with E-state index in [1.54, 1.807) is 0 Å². The molecule has 2 rings (SSSR count). The maximum atomic E-state index is 12.0. The first kappa shape index (κ1) is 18.3.